The SMILES string of the molecule is COCC(C)(C)Nc1cc(N)ccc1C(=O)O. The lowest BCUT2D eigenvalue weighted by Gasteiger charge is -2.27. The van der Waals surface area contributed by atoms with E-state index in [1.807, 2.05) is 13.8 Å². The van der Waals surface area contributed by atoms with Gasteiger partial charge in [0.2, 0.25) is 0 Å². The summed E-state index contributed by atoms with van der Waals surface area (Å²) in [6.45, 7) is 4.30. The van der Waals surface area contributed by atoms with Gasteiger partial charge in [-0.05, 0) is 32.0 Å². The van der Waals surface area contributed by atoms with Crippen LogP contribution in [0.2, 0.25) is 0 Å². The summed E-state index contributed by atoms with van der Waals surface area (Å²) in [7, 11) is 1.60. The molecule has 0 unspecified atom stereocenters. The zero-order chi connectivity index (χ0) is 13.1. The maximum absolute atomic E-state index is 11.1. The quantitative estimate of drug-likeness (QED) is 0.681. The fourth-order valence-corrected chi connectivity index (χ4v) is 1.61. The molecule has 0 aliphatic carbocycles. The van der Waals surface area contributed by atoms with Crippen molar-refractivity contribution in [3.63, 3.8) is 0 Å². The molecule has 0 saturated carbocycles. The Kier molecular flexibility index (Phi) is 3.96. The van der Waals surface area contributed by atoms with Gasteiger partial charge >= 0.3 is 5.97 Å². The van der Waals surface area contributed by atoms with Gasteiger partial charge in [0.05, 0.1) is 23.4 Å². The predicted octanol–water partition coefficient (Wildman–Crippen LogP) is 1.80. The van der Waals surface area contributed by atoms with Gasteiger partial charge in [-0.25, -0.2) is 4.79 Å². The van der Waals surface area contributed by atoms with Gasteiger partial charge in [0.1, 0.15) is 0 Å². The van der Waals surface area contributed by atoms with Crippen molar-refractivity contribution in [2.45, 2.75) is 19.4 Å². The van der Waals surface area contributed by atoms with E-state index < -0.39 is 5.97 Å². The minimum absolute atomic E-state index is 0.198. The van der Waals surface area contributed by atoms with Gasteiger partial charge in [0.15, 0.2) is 0 Å². The highest BCUT2D eigenvalue weighted by Crippen LogP contribution is 2.23. The van der Waals surface area contributed by atoms with Crippen LogP contribution in [0.25, 0.3) is 0 Å². The Bertz CT molecular complexity index is 416. The Morgan fingerprint density at radius 2 is 2.18 bits per heavy atom. The smallest absolute Gasteiger partial charge is 0.337 e. The Balaban J connectivity index is 3.04. The van der Waals surface area contributed by atoms with Crippen molar-refractivity contribution in [3.8, 4) is 0 Å². The predicted molar refractivity (Wildman–Crippen MR) is 67.4 cm³/mol. The Hall–Kier alpha value is -1.75. The number of carboxylic acids is 1. The van der Waals surface area contributed by atoms with Crippen molar-refractivity contribution in [2.24, 2.45) is 0 Å². The van der Waals surface area contributed by atoms with Crippen LogP contribution in [0.3, 0.4) is 0 Å². The van der Waals surface area contributed by atoms with Crippen molar-refractivity contribution in [1.29, 1.82) is 0 Å². The molecule has 0 amide bonds. The first-order chi connectivity index (χ1) is 7.85. The largest absolute Gasteiger partial charge is 0.478 e. The van der Waals surface area contributed by atoms with Crippen LogP contribution < -0.4 is 11.1 Å². The summed E-state index contributed by atoms with van der Waals surface area (Å²) in [6.07, 6.45) is 0. The number of nitrogens with two attached hydrogens (primary N) is 1. The maximum Gasteiger partial charge on any atom is 0.337 e. The highest BCUT2D eigenvalue weighted by Gasteiger charge is 2.20. The number of aromatic carboxylic acids is 1. The lowest BCUT2D eigenvalue weighted by molar-refractivity contribution is 0.0697. The molecule has 5 nitrogen and oxygen atoms in total. The van der Waals surface area contributed by atoms with E-state index in [0.29, 0.717) is 18.0 Å². The molecule has 4 N–H and O–H groups in total. The van der Waals surface area contributed by atoms with Gasteiger partial charge in [-0.1, -0.05) is 0 Å². The topological polar surface area (TPSA) is 84.6 Å². The minimum Gasteiger partial charge on any atom is -0.478 e. The molecule has 0 atom stereocenters. The van der Waals surface area contributed by atoms with Crippen molar-refractivity contribution >= 4 is 17.3 Å². The lowest BCUT2D eigenvalue weighted by Crippen LogP contribution is -2.36. The first kappa shape index (κ1) is 13.3. The van der Waals surface area contributed by atoms with Crippen LogP contribution in [0.15, 0.2) is 18.2 Å². The molecule has 0 radical (unpaired) electrons. The standard InChI is InChI=1S/C12H18N2O3/c1-12(2,7-17-3)14-10-6-8(13)4-5-9(10)11(15)16/h4-6,14H,7,13H2,1-3H3,(H,15,16). The van der Waals surface area contributed by atoms with Gasteiger partial charge in [0, 0.05) is 12.8 Å². The normalized spacial score (nSPS) is 11.2. The van der Waals surface area contributed by atoms with Crippen LogP contribution in [0.1, 0.15) is 24.2 Å². The Morgan fingerprint density at radius 3 is 2.71 bits per heavy atom. The second-order valence-electron chi connectivity index (χ2n) is 4.55. The molecule has 0 fully saturated rings. The van der Waals surface area contributed by atoms with Gasteiger partial charge in [-0.3, -0.25) is 0 Å². The highest BCUT2D eigenvalue weighted by atomic mass is 16.5. The van der Waals surface area contributed by atoms with E-state index >= 15 is 0 Å². The number of carbonyl (C=O) groups is 1. The van der Waals surface area contributed by atoms with Crippen molar-refractivity contribution in [1.82, 2.24) is 0 Å². The summed E-state index contributed by atoms with van der Waals surface area (Å²) in [6, 6.07) is 4.67. The van der Waals surface area contributed by atoms with E-state index in [9.17, 15) is 4.79 Å². The Morgan fingerprint density at radius 1 is 1.53 bits per heavy atom. The molecule has 0 heterocycles. The van der Waals surface area contributed by atoms with E-state index in [0.717, 1.165) is 0 Å². The molecule has 94 valence electrons. The van der Waals surface area contributed by atoms with Crippen LogP contribution in [-0.4, -0.2) is 30.3 Å². The first-order valence-electron chi connectivity index (χ1n) is 5.25. The highest BCUT2D eigenvalue weighted by molar-refractivity contribution is 5.95. The number of benzene rings is 1. The number of anilines is 2. The monoisotopic (exact) mass is 238 g/mol. The van der Waals surface area contributed by atoms with Gasteiger partial charge in [-0.2, -0.15) is 0 Å². The summed E-state index contributed by atoms with van der Waals surface area (Å²) in [5, 5.41) is 12.2. The van der Waals surface area contributed by atoms with Gasteiger partial charge in [0.25, 0.3) is 0 Å². The molecule has 5 heteroatoms. The molecule has 0 aromatic heterocycles. The number of hydrogen-bond donors (Lipinski definition) is 3. The number of rotatable bonds is 5. The number of methoxy groups -OCH3 is 1. The molecule has 0 aliphatic rings. The number of nitrogens with one attached hydrogen (secondary N) is 1. The van der Waals surface area contributed by atoms with Crippen LogP contribution in [0.5, 0.6) is 0 Å². The fourth-order valence-electron chi connectivity index (χ4n) is 1.61. The second-order valence-corrected chi connectivity index (χ2v) is 4.55. The zero-order valence-corrected chi connectivity index (χ0v) is 10.3. The molecule has 1 aromatic rings. The van der Waals surface area contributed by atoms with Gasteiger partial charge < -0.3 is 20.9 Å². The molecule has 0 spiro atoms. The summed E-state index contributed by atoms with van der Waals surface area (Å²) >= 11 is 0. The molecular formula is C12H18N2O3. The molecular weight excluding hydrogens is 220 g/mol. The zero-order valence-electron chi connectivity index (χ0n) is 10.3. The van der Waals surface area contributed by atoms with Crippen molar-refractivity contribution in [2.75, 3.05) is 24.8 Å². The molecule has 0 saturated heterocycles. The van der Waals surface area contributed by atoms with E-state index in [2.05, 4.69) is 5.32 Å². The van der Waals surface area contributed by atoms with Crippen molar-refractivity contribution in [3.05, 3.63) is 23.8 Å². The average Bonchev–Trinajstić information content (AvgIpc) is 2.15. The van der Waals surface area contributed by atoms with E-state index in [-0.39, 0.29) is 11.1 Å². The summed E-state index contributed by atoms with van der Waals surface area (Å²) in [5.74, 6) is -0.985. The van der Waals surface area contributed by atoms with Crippen LogP contribution in [0, 0.1) is 0 Å². The van der Waals surface area contributed by atoms with Gasteiger partial charge in [-0.15, -0.1) is 0 Å². The van der Waals surface area contributed by atoms with Crippen LogP contribution in [-0.2, 0) is 4.74 Å². The minimum atomic E-state index is -0.985. The lowest BCUT2D eigenvalue weighted by atomic mass is 10.0. The maximum atomic E-state index is 11.1. The van der Waals surface area contributed by atoms with E-state index in [1.54, 1.807) is 19.2 Å². The van der Waals surface area contributed by atoms with E-state index in [4.69, 9.17) is 15.6 Å². The summed E-state index contributed by atoms with van der Waals surface area (Å²) in [4.78, 5) is 11.1. The molecule has 1 aromatic carbocycles. The Labute approximate surface area is 101 Å². The average molecular weight is 238 g/mol. The molecule has 0 aliphatic heterocycles. The molecule has 0 bridgehead atoms. The third-order valence-electron chi connectivity index (χ3n) is 2.25. The number of carboxylic acid groups (broad SMARTS) is 1. The third-order valence-corrected chi connectivity index (χ3v) is 2.25. The summed E-state index contributed by atoms with van der Waals surface area (Å²) in [5.41, 5.74) is 6.50. The van der Waals surface area contributed by atoms with Crippen LogP contribution >= 0.6 is 0 Å². The third kappa shape index (κ3) is 3.64. The number of hydrogen-bond acceptors (Lipinski definition) is 4. The fraction of sp³-hybridized carbons (Fsp3) is 0.417. The number of nitrogen functional groups attached to an aromatic ring is 1. The van der Waals surface area contributed by atoms with Crippen molar-refractivity contribution < 1.29 is 14.6 Å². The molecule has 1 rings (SSSR count). The van der Waals surface area contributed by atoms with E-state index in [1.165, 1.54) is 6.07 Å². The molecule has 17 heavy (non-hydrogen) atoms. The first-order valence-corrected chi connectivity index (χ1v) is 5.25. The second kappa shape index (κ2) is 5.05. The van der Waals surface area contributed by atoms with Crippen LogP contribution in [0.4, 0.5) is 11.4 Å². The summed E-state index contributed by atoms with van der Waals surface area (Å²) < 4.78 is 5.07. The number of ether oxygens (including phenoxy) is 1.